The average molecular weight is 178 g/mol. The molecule has 1 heterocycles. The van der Waals surface area contributed by atoms with Crippen LogP contribution in [0.15, 0.2) is 12.5 Å². The first-order valence-corrected chi connectivity index (χ1v) is 3.09. The summed E-state index contributed by atoms with van der Waals surface area (Å²) in [4.78, 5) is 3.85. The van der Waals surface area contributed by atoms with Crippen molar-refractivity contribution in [2.24, 2.45) is 0 Å². The molecule has 0 bridgehead atoms. The van der Waals surface area contributed by atoms with E-state index in [-0.39, 0.29) is 12.4 Å². The third kappa shape index (κ3) is 3.25. The quantitative estimate of drug-likeness (QED) is 0.733. The second-order valence-electron chi connectivity index (χ2n) is 2.03. The van der Waals surface area contributed by atoms with Gasteiger partial charge in [0.2, 0.25) is 0 Å². The second-order valence-corrected chi connectivity index (χ2v) is 2.03. The Balaban J connectivity index is 0.000001000. The molecule has 2 N–H and O–H groups in total. The van der Waals surface area contributed by atoms with Crippen LogP contribution in [-0.4, -0.2) is 23.3 Å². The number of nitrogens with two attached hydrogens (primary N) is 1. The van der Waals surface area contributed by atoms with Crippen molar-refractivity contribution in [3.8, 4) is 0 Å². The fourth-order valence-electron chi connectivity index (χ4n) is 0.696. The minimum Gasteiger partial charge on any atom is -0.383 e. The molecule has 0 amide bonds. The third-order valence-electron chi connectivity index (χ3n) is 1.21. The SMILES string of the molecule is COCCn1cnc(N)c1.Cl. The van der Waals surface area contributed by atoms with Crippen molar-refractivity contribution in [3.05, 3.63) is 12.5 Å². The summed E-state index contributed by atoms with van der Waals surface area (Å²) in [7, 11) is 1.67. The van der Waals surface area contributed by atoms with Crippen LogP contribution in [0.25, 0.3) is 0 Å². The lowest BCUT2D eigenvalue weighted by Crippen LogP contribution is -2.01. The molecular weight excluding hydrogens is 166 g/mol. The maximum atomic E-state index is 5.38. The summed E-state index contributed by atoms with van der Waals surface area (Å²) in [6, 6.07) is 0. The first-order valence-electron chi connectivity index (χ1n) is 3.09. The van der Waals surface area contributed by atoms with Gasteiger partial charge in [-0.05, 0) is 0 Å². The van der Waals surface area contributed by atoms with Gasteiger partial charge in [0, 0.05) is 19.9 Å². The summed E-state index contributed by atoms with van der Waals surface area (Å²) in [5.41, 5.74) is 5.38. The number of hydrogen-bond acceptors (Lipinski definition) is 3. The molecule has 0 aliphatic carbocycles. The summed E-state index contributed by atoms with van der Waals surface area (Å²) >= 11 is 0. The molecule has 11 heavy (non-hydrogen) atoms. The van der Waals surface area contributed by atoms with E-state index in [4.69, 9.17) is 10.5 Å². The lowest BCUT2D eigenvalue weighted by atomic mass is 10.6. The molecular formula is C6H12ClN3O. The number of halogens is 1. The topological polar surface area (TPSA) is 53.1 Å². The van der Waals surface area contributed by atoms with Crippen LogP contribution >= 0.6 is 12.4 Å². The van der Waals surface area contributed by atoms with Crippen molar-refractivity contribution in [1.29, 1.82) is 0 Å². The van der Waals surface area contributed by atoms with Gasteiger partial charge in [-0.15, -0.1) is 12.4 Å². The van der Waals surface area contributed by atoms with E-state index < -0.39 is 0 Å². The van der Waals surface area contributed by atoms with Crippen LogP contribution in [-0.2, 0) is 11.3 Å². The van der Waals surface area contributed by atoms with Crippen molar-refractivity contribution in [2.75, 3.05) is 19.5 Å². The Hall–Kier alpha value is -0.740. The molecule has 5 heteroatoms. The van der Waals surface area contributed by atoms with Crippen molar-refractivity contribution >= 4 is 18.2 Å². The first-order chi connectivity index (χ1) is 4.83. The zero-order chi connectivity index (χ0) is 7.40. The molecule has 1 rings (SSSR count). The van der Waals surface area contributed by atoms with Gasteiger partial charge in [-0.3, -0.25) is 0 Å². The number of nitrogens with zero attached hydrogens (tertiary/aromatic N) is 2. The number of hydrogen-bond donors (Lipinski definition) is 1. The normalized spacial score (nSPS) is 9.18. The van der Waals surface area contributed by atoms with Crippen LogP contribution < -0.4 is 5.73 Å². The Bertz CT molecular complexity index is 201. The number of rotatable bonds is 3. The number of imidazole rings is 1. The van der Waals surface area contributed by atoms with E-state index in [1.54, 1.807) is 19.6 Å². The molecule has 0 spiro atoms. The summed E-state index contributed by atoms with van der Waals surface area (Å²) in [5.74, 6) is 0.552. The van der Waals surface area contributed by atoms with Gasteiger partial charge >= 0.3 is 0 Å². The molecule has 0 saturated carbocycles. The second kappa shape index (κ2) is 4.98. The molecule has 0 aliphatic rings. The highest BCUT2D eigenvalue weighted by molar-refractivity contribution is 5.85. The van der Waals surface area contributed by atoms with Crippen molar-refractivity contribution < 1.29 is 4.74 Å². The van der Waals surface area contributed by atoms with Crippen molar-refractivity contribution in [1.82, 2.24) is 9.55 Å². The molecule has 0 saturated heterocycles. The largest absolute Gasteiger partial charge is 0.383 e. The van der Waals surface area contributed by atoms with Gasteiger partial charge in [-0.2, -0.15) is 0 Å². The van der Waals surface area contributed by atoms with Crippen molar-refractivity contribution in [2.45, 2.75) is 6.54 Å². The maximum absolute atomic E-state index is 5.38. The predicted molar refractivity (Wildman–Crippen MR) is 45.8 cm³/mol. The summed E-state index contributed by atoms with van der Waals surface area (Å²) in [5, 5.41) is 0. The van der Waals surface area contributed by atoms with Crippen molar-refractivity contribution in [3.63, 3.8) is 0 Å². The van der Waals surface area contributed by atoms with Gasteiger partial charge in [0.1, 0.15) is 5.82 Å². The fraction of sp³-hybridized carbons (Fsp3) is 0.500. The smallest absolute Gasteiger partial charge is 0.141 e. The average Bonchev–Trinajstić information content (AvgIpc) is 2.31. The third-order valence-corrected chi connectivity index (χ3v) is 1.21. The zero-order valence-corrected chi connectivity index (χ0v) is 7.17. The van der Waals surface area contributed by atoms with E-state index in [0.717, 1.165) is 6.54 Å². The number of ether oxygens (including phenoxy) is 1. The summed E-state index contributed by atoms with van der Waals surface area (Å²) in [6.45, 7) is 1.50. The molecule has 64 valence electrons. The van der Waals surface area contributed by atoms with Gasteiger partial charge < -0.3 is 15.0 Å². The van der Waals surface area contributed by atoms with Crippen LogP contribution in [0.5, 0.6) is 0 Å². The molecule has 0 aliphatic heterocycles. The minimum atomic E-state index is 0. The molecule has 0 atom stereocenters. The highest BCUT2D eigenvalue weighted by atomic mass is 35.5. The molecule has 0 aromatic carbocycles. The Morgan fingerprint density at radius 2 is 2.45 bits per heavy atom. The van der Waals surface area contributed by atoms with Crippen LogP contribution in [0.1, 0.15) is 0 Å². The first kappa shape index (κ1) is 10.3. The highest BCUT2D eigenvalue weighted by Crippen LogP contribution is 1.95. The van der Waals surface area contributed by atoms with E-state index in [0.29, 0.717) is 12.4 Å². The van der Waals surface area contributed by atoms with Gasteiger partial charge in [0.05, 0.1) is 12.9 Å². The van der Waals surface area contributed by atoms with E-state index in [1.165, 1.54) is 0 Å². The molecule has 0 fully saturated rings. The van der Waals surface area contributed by atoms with Gasteiger partial charge in [0.25, 0.3) is 0 Å². The maximum Gasteiger partial charge on any atom is 0.141 e. The molecule has 0 unspecified atom stereocenters. The number of anilines is 1. The number of methoxy groups -OCH3 is 1. The van der Waals surface area contributed by atoms with Crippen LogP contribution in [0.4, 0.5) is 5.82 Å². The monoisotopic (exact) mass is 177 g/mol. The molecule has 1 aromatic heterocycles. The Kier molecular flexibility index (Phi) is 4.65. The van der Waals surface area contributed by atoms with E-state index in [1.807, 2.05) is 4.57 Å². The standard InChI is InChI=1S/C6H11N3O.ClH/c1-10-3-2-9-4-6(7)8-5-9;/h4-5H,2-3,7H2,1H3;1H. The lowest BCUT2D eigenvalue weighted by Gasteiger charge is -1.97. The van der Waals surface area contributed by atoms with Gasteiger partial charge in [-0.25, -0.2) is 4.98 Å². The molecule has 1 aromatic rings. The molecule has 4 nitrogen and oxygen atoms in total. The van der Waals surface area contributed by atoms with Gasteiger partial charge in [0.15, 0.2) is 0 Å². The van der Waals surface area contributed by atoms with Crippen LogP contribution in [0.2, 0.25) is 0 Å². The minimum absolute atomic E-state index is 0. The fourth-order valence-corrected chi connectivity index (χ4v) is 0.696. The van der Waals surface area contributed by atoms with Crippen LogP contribution in [0, 0.1) is 0 Å². The van der Waals surface area contributed by atoms with E-state index >= 15 is 0 Å². The highest BCUT2D eigenvalue weighted by Gasteiger charge is 1.91. The predicted octanol–water partition coefficient (Wildman–Crippen LogP) is 0.534. The summed E-state index contributed by atoms with van der Waals surface area (Å²) < 4.78 is 6.75. The summed E-state index contributed by atoms with van der Waals surface area (Å²) in [6.07, 6.45) is 3.47. The lowest BCUT2D eigenvalue weighted by molar-refractivity contribution is 0.187. The molecule has 0 radical (unpaired) electrons. The number of nitrogen functional groups attached to an aromatic ring is 1. The van der Waals surface area contributed by atoms with E-state index in [9.17, 15) is 0 Å². The van der Waals surface area contributed by atoms with E-state index in [2.05, 4.69) is 4.98 Å². The van der Waals surface area contributed by atoms with Crippen LogP contribution in [0.3, 0.4) is 0 Å². The Morgan fingerprint density at radius 3 is 2.91 bits per heavy atom. The Morgan fingerprint density at radius 1 is 1.73 bits per heavy atom. The zero-order valence-electron chi connectivity index (χ0n) is 6.36. The Labute approximate surface area is 71.8 Å². The van der Waals surface area contributed by atoms with Gasteiger partial charge in [-0.1, -0.05) is 0 Å². The number of aromatic nitrogens is 2.